The number of rotatable bonds is 10. The standard InChI is InChI=1S/C25H23N3O5/c1-2-33-19-14-12-17(13-15-19)23(29)16-22(25(31)32)27-28-24(30)20-10-6-7-11-21(20)26-18-8-4-3-5-9-18/h3-15,26H,2,16H2,1H3,(H,28,30)(H,31,32). The van der Waals surface area contributed by atoms with Crippen LogP contribution >= 0.6 is 0 Å². The van der Waals surface area contributed by atoms with Gasteiger partial charge in [0.25, 0.3) is 5.91 Å². The predicted octanol–water partition coefficient (Wildman–Crippen LogP) is 4.27. The maximum atomic E-state index is 12.7. The second kappa shape index (κ2) is 11.2. The summed E-state index contributed by atoms with van der Waals surface area (Å²) < 4.78 is 5.33. The number of benzene rings is 3. The monoisotopic (exact) mass is 445 g/mol. The fourth-order valence-corrected chi connectivity index (χ4v) is 2.97. The highest BCUT2D eigenvalue weighted by Crippen LogP contribution is 2.20. The first-order valence-electron chi connectivity index (χ1n) is 10.2. The Morgan fingerprint density at radius 2 is 1.58 bits per heavy atom. The molecule has 8 heteroatoms. The van der Waals surface area contributed by atoms with Crippen LogP contribution in [-0.4, -0.2) is 35.1 Å². The molecule has 0 bridgehead atoms. The summed E-state index contributed by atoms with van der Waals surface area (Å²) >= 11 is 0. The lowest BCUT2D eigenvalue weighted by Gasteiger charge is -2.11. The Kier molecular flexibility index (Phi) is 7.91. The highest BCUT2D eigenvalue weighted by Gasteiger charge is 2.18. The van der Waals surface area contributed by atoms with Crippen LogP contribution in [0.1, 0.15) is 34.1 Å². The molecule has 0 saturated heterocycles. The first-order chi connectivity index (χ1) is 16.0. The number of ketones is 1. The molecule has 8 nitrogen and oxygen atoms in total. The maximum absolute atomic E-state index is 12.7. The van der Waals surface area contributed by atoms with Crippen LogP contribution < -0.4 is 15.5 Å². The van der Waals surface area contributed by atoms with E-state index in [1.165, 1.54) is 0 Å². The van der Waals surface area contributed by atoms with Gasteiger partial charge in [0.1, 0.15) is 5.75 Å². The van der Waals surface area contributed by atoms with Crippen LogP contribution in [0.4, 0.5) is 11.4 Å². The third-order valence-corrected chi connectivity index (χ3v) is 4.58. The normalized spacial score (nSPS) is 10.9. The van der Waals surface area contributed by atoms with E-state index in [1.54, 1.807) is 48.5 Å². The molecule has 3 aromatic carbocycles. The van der Waals surface area contributed by atoms with Gasteiger partial charge >= 0.3 is 5.97 Å². The summed E-state index contributed by atoms with van der Waals surface area (Å²) in [5, 5.41) is 16.3. The van der Waals surface area contributed by atoms with Crippen molar-refractivity contribution in [1.82, 2.24) is 5.43 Å². The van der Waals surface area contributed by atoms with E-state index in [1.807, 2.05) is 37.3 Å². The Balaban J connectivity index is 1.71. The van der Waals surface area contributed by atoms with Gasteiger partial charge in [-0.05, 0) is 55.5 Å². The molecule has 0 aliphatic carbocycles. The van der Waals surface area contributed by atoms with Crippen LogP contribution in [-0.2, 0) is 4.79 Å². The average molecular weight is 445 g/mol. The Hall–Kier alpha value is -4.46. The van der Waals surface area contributed by atoms with Gasteiger partial charge in [0, 0.05) is 11.3 Å². The predicted molar refractivity (Wildman–Crippen MR) is 125 cm³/mol. The van der Waals surface area contributed by atoms with E-state index in [2.05, 4.69) is 15.8 Å². The topological polar surface area (TPSA) is 117 Å². The van der Waals surface area contributed by atoms with E-state index in [-0.39, 0.29) is 5.56 Å². The minimum Gasteiger partial charge on any atom is -0.494 e. The number of ether oxygens (including phenoxy) is 1. The SMILES string of the molecule is CCOc1ccc(C(=O)CC(=NNC(=O)c2ccccc2Nc2ccccc2)C(=O)O)cc1. The van der Waals surface area contributed by atoms with Crippen LogP contribution in [0.3, 0.4) is 0 Å². The van der Waals surface area contributed by atoms with E-state index in [0.717, 1.165) is 5.69 Å². The van der Waals surface area contributed by atoms with Crippen LogP contribution in [0.15, 0.2) is 84.0 Å². The number of nitrogens with one attached hydrogen (secondary N) is 2. The minimum absolute atomic E-state index is 0.271. The van der Waals surface area contributed by atoms with Crippen molar-refractivity contribution in [3.05, 3.63) is 90.0 Å². The molecular weight excluding hydrogens is 422 g/mol. The number of carboxylic acids is 1. The number of carbonyl (C=O) groups is 3. The van der Waals surface area contributed by atoms with Gasteiger partial charge in [-0.2, -0.15) is 5.10 Å². The van der Waals surface area contributed by atoms with E-state index in [0.29, 0.717) is 23.6 Å². The summed E-state index contributed by atoms with van der Waals surface area (Å²) in [6.07, 6.45) is -0.479. The van der Waals surface area contributed by atoms with E-state index in [4.69, 9.17) is 4.74 Å². The Morgan fingerprint density at radius 3 is 2.24 bits per heavy atom. The van der Waals surface area contributed by atoms with Gasteiger partial charge in [0.15, 0.2) is 11.5 Å². The zero-order chi connectivity index (χ0) is 23.6. The van der Waals surface area contributed by atoms with E-state index in [9.17, 15) is 19.5 Å². The van der Waals surface area contributed by atoms with Gasteiger partial charge in [-0.3, -0.25) is 9.59 Å². The average Bonchev–Trinajstić information content (AvgIpc) is 2.83. The molecule has 3 rings (SSSR count). The molecule has 0 spiro atoms. The summed E-state index contributed by atoms with van der Waals surface area (Å²) in [5.41, 5.74) is 3.67. The Labute approximate surface area is 190 Å². The van der Waals surface area contributed by atoms with Gasteiger partial charge in [-0.15, -0.1) is 0 Å². The number of aliphatic carboxylic acids is 1. The summed E-state index contributed by atoms with van der Waals surface area (Å²) in [5.74, 6) is -1.85. The Morgan fingerprint density at radius 1 is 0.909 bits per heavy atom. The number of hydrogen-bond acceptors (Lipinski definition) is 6. The van der Waals surface area contributed by atoms with Gasteiger partial charge in [-0.1, -0.05) is 30.3 Å². The number of amides is 1. The summed E-state index contributed by atoms with van der Waals surface area (Å²) in [7, 11) is 0. The second-order valence-electron chi connectivity index (χ2n) is 6.90. The summed E-state index contributed by atoms with van der Waals surface area (Å²) in [4.78, 5) is 36.8. The van der Waals surface area contributed by atoms with Gasteiger partial charge < -0.3 is 15.2 Å². The molecule has 168 valence electrons. The van der Waals surface area contributed by atoms with Crippen LogP contribution in [0.2, 0.25) is 0 Å². The van der Waals surface area contributed by atoms with E-state index < -0.39 is 29.8 Å². The number of para-hydroxylation sites is 2. The van der Waals surface area contributed by atoms with Crippen LogP contribution in [0.25, 0.3) is 0 Å². The molecule has 0 radical (unpaired) electrons. The number of carboxylic acid groups (broad SMARTS) is 1. The lowest BCUT2D eigenvalue weighted by atomic mass is 10.1. The number of carbonyl (C=O) groups excluding carboxylic acids is 2. The van der Waals surface area contributed by atoms with Gasteiger partial charge in [0.2, 0.25) is 0 Å². The van der Waals surface area contributed by atoms with Crippen LogP contribution in [0, 0.1) is 0 Å². The molecule has 0 atom stereocenters. The Bertz CT molecular complexity index is 1160. The van der Waals surface area contributed by atoms with Gasteiger partial charge in [-0.25, -0.2) is 10.2 Å². The lowest BCUT2D eigenvalue weighted by Crippen LogP contribution is -2.25. The second-order valence-corrected chi connectivity index (χ2v) is 6.90. The number of anilines is 2. The van der Waals surface area contributed by atoms with Crippen molar-refractivity contribution < 1.29 is 24.2 Å². The number of nitrogens with zero attached hydrogens (tertiary/aromatic N) is 1. The smallest absolute Gasteiger partial charge is 0.352 e. The summed E-state index contributed by atoms with van der Waals surface area (Å²) in [6, 6.07) is 22.4. The molecule has 3 N–H and O–H groups in total. The fourth-order valence-electron chi connectivity index (χ4n) is 2.97. The highest BCUT2D eigenvalue weighted by molar-refractivity contribution is 6.40. The quantitative estimate of drug-likeness (QED) is 0.244. The molecule has 0 fully saturated rings. The van der Waals surface area contributed by atoms with Crippen molar-refractivity contribution in [2.45, 2.75) is 13.3 Å². The molecule has 1 amide bonds. The largest absolute Gasteiger partial charge is 0.494 e. The molecule has 0 aromatic heterocycles. The third kappa shape index (κ3) is 6.51. The molecule has 3 aromatic rings. The molecule has 0 saturated carbocycles. The van der Waals surface area contributed by atoms with Crippen molar-refractivity contribution in [3.8, 4) is 5.75 Å². The zero-order valence-electron chi connectivity index (χ0n) is 17.9. The van der Waals surface area contributed by atoms with Crippen LogP contribution in [0.5, 0.6) is 5.75 Å². The molecule has 0 unspecified atom stereocenters. The number of hydrazone groups is 1. The van der Waals surface area contributed by atoms with Crippen molar-refractivity contribution >= 4 is 34.7 Å². The molecule has 0 heterocycles. The third-order valence-electron chi connectivity index (χ3n) is 4.58. The molecular formula is C25H23N3O5. The lowest BCUT2D eigenvalue weighted by molar-refractivity contribution is -0.129. The van der Waals surface area contributed by atoms with Crippen molar-refractivity contribution in [2.24, 2.45) is 5.10 Å². The number of hydrogen-bond donors (Lipinski definition) is 3. The molecule has 0 aliphatic rings. The fraction of sp³-hybridized carbons (Fsp3) is 0.120. The first kappa shape index (κ1) is 23.2. The number of Topliss-reactive ketones (excluding diaryl/α,β-unsaturated/α-hetero) is 1. The van der Waals surface area contributed by atoms with Crippen molar-refractivity contribution in [2.75, 3.05) is 11.9 Å². The summed E-state index contributed by atoms with van der Waals surface area (Å²) in [6.45, 7) is 2.34. The maximum Gasteiger partial charge on any atom is 0.352 e. The van der Waals surface area contributed by atoms with Crippen molar-refractivity contribution in [1.29, 1.82) is 0 Å². The highest BCUT2D eigenvalue weighted by atomic mass is 16.5. The zero-order valence-corrected chi connectivity index (χ0v) is 17.9. The first-order valence-corrected chi connectivity index (χ1v) is 10.2. The van der Waals surface area contributed by atoms with Crippen molar-refractivity contribution in [3.63, 3.8) is 0 Å². The van der Waals surface area contributed by atoms with E-state index >= 15 is 0 Å². The molecule has 33 heavy (non-hydrogen) atoms. The van der Waals surface area contributed by atoms with Gasteiger partial charge in [0.05, 0.1) is 24.3 Å². The molecule has 0 aliphatic heterocycles. The minimum atomic E-state index is -1.40.